The summed E-state index contributed by atoms with van der Waals surface area (Å²) in [5.41, 5.74) is 0. The number of β-amino-alcohol motifs (C(OH)–C–C–N with tert-alkyl or cyclic N) is 1. The van der Waals surface area contributed by atoms with Gasteiger partial charge >= 0.3 is 0 Å². The predicted octanol–water partition coefficient (Wildman–Crippen LogP) is 1.29. The Morgan fingerprint density at radius 3 is 3.05 bits per heavy atom. The molecule has 2 aromatic heterocycles. The van der Waals surface area contributed by atoms with E-state index in [2.05, 4.69) is 20.0 Å². The number of hydrogen-bond donors (Lipinski definition) is 1. The highest BCUT2D eigenvalue weighted by molar-refractivity contribution is 7.13. The molecule has 0 radical (unpaired) electrons. The lowest BCUT2D eigenvalue weighted by Crippen LogP contribution is -2.37. The summed E-state index contributed by atoms with van der Waals surface area (Å²) in [6.45, 7) is 2.17. The molecule has 0 saturated carbocycles. The zero-order valence-electron chi connectivity index (χ0n) is 12.3. The molecular weight excluding hydrogens is 288 g/mol. The lowest BCUT2D eigenvalue weighted by Gasteiger charge is -2.25. The minimum Gasteiger partial charge on any atom is -0.419 e. The Morgan fingerprint density at radius 1 is 1.48 bits per heavy atom. The lowest BCUT2D eigenvalue weighted by molar-refractivity contribution is 0.162. The van der Waals surface area contributed by atoms with Crippen molar-refractivity contribution in [2.45, 2.75) is 25.1 Å². The van der Waals surface area contributed by atoms with Crippen LogP contribution in [0.25, 0.3) is 10.8 Å². The number of rotatable bonds is 5. The molecule has 1 N–H and O–H groups in total. The van der Waals surface area contributed by atoms with Gasteiger partial charge in [-0.1, -0.05) is 6.07 Å². The van der Waals surface area contributed by atoms with Crippen LogP contribution in [0.15, 0.2) is 21.9 Å². The largest absolute Gasteiger partial charge is 0.419 e. The first kappa shape index (κ1) is 14.6. The molecule has 0 spiro atoms. The third-order valence-corrected chi connectivity index (χ3v) is 4.48. The van der Waals surface area contributed by atoms with Crippen molar-refractivity contribution in [3.05, 3.63) is 23.4 Å². The molecule has 3 heterocycles. The van der Waals surface area contributed by atoms with Crippen LogP contribution in [0.1, 0.15) is 12.3 Å². The SMILES string of the molecule is CN(C)CC1CC(O)CN1Cc1nnc(-c2cccs2)o1. The lowest BCUT2D eigenvalue weighted by atomic mass is 10.2. The summed E-state index contributed by atoms with van der Waals surface area (Å²) in [5, 5.41) is 20.1. The van der Waals surface area contributed by atoms with Crippen molar-refractivity contribution in [2.24, 2.45) is 0 Å². The number of nitrogens with zero attached hydrogens (tertiary/aromatic N) is 4. The van der Waals surface area contributed by atoms with Gasteiger partial charge in [0, 0.05) is 19.1 Å². The van der Waals surface area contributed by atoms with Crippen molar-refractivity contribution in [1.29, 1.82) is 0 Å². The van der Waals surface area contributed by atoms with Crippen LogP contribution in [0.5, 0.6) is 0 Å². The normalized spacial score (nSPS) is 23.2. The van der Waals surface area contributed by atoms with E-state index in [9.17, 15) is 5.11 Å². The predicted molar refractivity (Wildman–Crippen MR) is 81.0 cm³/mol. The molecule has 6 nitrogen and oxygen atoms in total. The number of likely N-dealkylation sites (N-methyl/N-ethyl adjacent to an activating group) is 1. The second kappa shape index (κ2) is 6.23. The molecule has 7 heteroatoms. The first-order valence-electron chi connectivity index (χ1n) is 7.05. The van der Waals surface area contributed by atoms with E-state index in [0.717, 1.165) is 17.8 Å². The molecule has 0 aromatic carbocycles. The molecule has 21 heavy (non-hydrogen) atoms. The van der Waals surface area contributed by atoms with Crippen molar-refractivity contribution in [1.82, 2.24) is 20.0 Å². The van der Waals surface area contributed by atoms with Crippen LogP contribution in [0.4, 0.5) is 0 Å². The van der Waals surface area contributed by atoms with E-state index in [1.54, 1.807) is 11.3 Å². The van der Waals surface area contributed by atoms with E-state index in [1.165, 1.54) is 0 Å². The Kier molecular flexibility index (Phi) is 4.34. The van der Waals surface area contributed by atoms with Crippen molar-refractivity contribution in [3.8, 4) is 10.8 Å². The number of aliphatic hydroxyl groups is 1. The minimum absolute atomic E-state index is 0.269. The Hall–Kier alpha value is -1.28. The third-order valence-electron chi connectivity index (χ3n) is 3.62. The zero-order valence-corrected chi connectivity index (χ0v) is 13.1. The molecule has 2 aromatic rings. The summed E-state index contributed by atoms with van der Waals surface area (Å²) in [7, 11) is 4.09. The quantitative estimate of drug-likeness (QED) is 0.898. The molecule has 1 saturated heterocycles. The van der Waals surface area contributed by atoms with Crippen LogP contribution >= 0.6 is 11.3 Å². The number of thiophene rings is 1. The fourth-order valence-corrected chi connectivity index (χ4v) is 3.40. The smallest absolute Gasteiger partial charge is 0.257 e. The number of hydrogen-bond acceptors (Lipinski definition) is 7. The first-order chi connectivity index (χ1) is 10.1. The molecule has 1 aliphatic heterocycles. The zero-order chi connectivity index (χ0) is 14.8. The topological polar surface area (TPSA) is 65.6 Å². The molecular formula is C14H20N4O2S. The average molecular weight is 308 g/mol. The van der Waals surface area contributed by atoms with Gasteiger partial charge in [0.25, 0.3) is 5.89 Å². The van der Waals surface area contributed by atoms with Crippen LogP contribution in [0, 0.1) is 0 Å². The first-order valence-corrected chi connectivity index (χ1v) is 7.93. The molecule has 0 bridgehead atoms. The van der Waals surface area contributed by atoms with Gasteiger partial charge in [0.05, 0.1) is 17.5 Å². The summed E-state index contributed by atoms with van der Waals surface area (Å²) in [4.78, 5) is 5.34. The Labute approximate surface area is 128 Å². The summed E-state index contributed by atoms with van der Waals surface area (Å²) < 4.78 is 5.73. The van der Waals surface area contributed by atoms with E-state index in [4.69, 9.17) is 4.42 Å². The van der Waals surface area contributed by atoms with Gasteiger partial charge in [-0.2, -0.15) is 0 Å². The Balaban J connectivity index is 1.68. The van der Waals surface area contributed by atoms with Crippen molar-refractivity contribution in [2.75, 3.05) is 27.2 Å². The van der Waals surface area contributed by atoms with Gasteiger partial charge in [0.1, 0.15) is 0 Å². The van der Waals surface area contributed by atoms with Crippen LogP contribution in [-0.2, 0) is 6.54 Å². The number of aromatic nitrogens is 2. The van der Waals surface area contributed by atoms with Gasteiger partial charge in [-0.3, -0.25) is 4.90 Å². The maximum atomic E-state index is 9.89. The standard InChI is InChI=1S/C14H20N4O2S/c1-17(2)7-10-6-11(19)8-18(10)9-13-15-16-14(20-13)12-4-3-5-21-12/h3-5,10-11,19H,6-9H2,1-2H3. The van der Waals surface area contributed by atoms with E-state index >= 15 is 0 Å². The molecule has 0 amide bonds. The van der Waals surface area contributed by atoms with E-state index in [-0.39, 0.29) is 6.10 Å². The summed E-state index contributed by atoms with van der Waals surface area (Å²) in [5.74, 6) is 1.18. The molecule has 3 rings (SSSR count). The van der Waals surface area contributed by atoms with Gasteiger partial charge in [0.15, 0.2) is 0 Å². The van der Waals surface area contributed by atoms with Gasteiger partial charge < -0.3 is 14.4 Å². The fourth-order valence-electron chi connectivity index (χ4n) is 2.75. The highest BCUT2D eigenvalue weighted by atomic mass is 32.1. The van der Waals surface area contributed by atoms with Crippen molar-refractivity contribution in [3.63, 3.8) is 0 Å². The summed E-state index contributed by atoms with van der Waals surface area (Å²) in [6.07, 6.45) is 0.527. The highest BCUT2D eigenvalue weighted by Crippen LogP contribution is 2.25. The summed E-state index contributed by atoms with van der Waals surface area (Å²) >= 11 is 1.58. The van der Waals surface area contributed by atoms with Crippen molar-refractivity contribution < 1.29 is 9.52 Å². The fraction of sp³-hybridized carbons (Fsp3) is 0.571. The van der Waals surface area contributed by atoms with Gasteiger partial charge in [-0.25, -0.2) is 0 Å². The second-order valence-corrected chi connectivity index (χ2v) is 6.66. The maximum absolute atomic E-state index is 9.89. The van der Waals surface area contributed by atoms with Crippen molar-refractivity contribution >= 4 is 11.3 Å². The van der Waals surface area contributed by atoms with E-state index < -0.39 is 0 Å². The Morgan fingerprint density at radius 2 is 2.33 bits per heavy atom. The monoisotopic (exact) mass is 308 g/mol. The molecule has 1 aliphatic rings. The van der Waals surface area contributed by atoms with E-state index in [1.807, 2.05) is 31.6 Å². The summed E-state index contributed by atoms with van der Waals surface area (Å²) in [6, 6.07) is 4.26. The van der Waals surface area contributed by atoms with Gasteiger partial charge in [-0.05, 0) is 32.0 Å². The molecule has 114 valence electrons. The number of likely N-dealkylation sites (tertiary alicyclic amines) is 1. The molecule has 1 fully saturated rings. The van der Waals surface area contributed by atoms with Crippen LogP contribution in [-0.4, -0.2) is 64.4 Å². The minimum atomic E-state index is -0.269. The van der Waals surface area contributed by atoms with Gasteiger partial charge in [-0.15, -0.1) is 21.5 Å². The van der Waals surface area contributed by atoms with Gasteiger partial charge in [0.2, 0.25) is 5.89 Å². The van der Waals surface area contributed by atoms with Crippen LogP contribution < -0.4 is 0 Å². The molecule has 0 aliphatic carbocycles. The average Bonchev–Trinajstić information content (AvgIpc) is 3.11. The third kappa shape index (κ3) is 3.49. The maximum Gasteiger partial charge on any atom is 0.257 e. The second-order valence-electron chi connectivity index (χ2n) is 5.71. The molecule has 2 atom stereocenters. The Bertz CT molecular complexity index is 569. The van der Waals surface area contributed by atoms with Crippen LogP contribution in [0.2, 0.25) is 0 Å². The highest BCUT2D eigenvalue weighted by Gasteiger charge is 2.32. The van der Waals surface area contributed by atoms with Crippen LogP contribution in [0.3, 0.4) is 0 Å². The molecule has 2 unspecified atom stereocenters. The number of aliphatic hydroxyl groups excluding tert-OH is 1. The van der Waals surface area contributed by atoms with E-state index in [0.29, 0.717) is 30.9 Å².